The average molecular weight is 492 g/mol. The van der Waals surface area contributed by atoms with Crippen molar-refractivity contribution in [1.29, 1.82) is 0 Å². The van der Waals surface area contributed by atoms with Gasteiger partial charge in [-0.1, -0.05) is 6.92 Å². The van der Waals surface area contributed by atoms with E-state index in [0.29, 0.717) is 13.2 Å². The fourth-order valence-electron chi connectivity index (χ4n) is 3.32. The van der Waals surface area contributed by atoms with Gasteiger partial charge >= 0.3 is 0 Å². The number of guanidine groups is 1. The molecule has 2 rings (SSSR count). The number of halogens is 1. The van der Waals surface area contributed by atoms with Crippen molar-refractivity contribution in [3.8, 4) is 0 Å². The number of nitrogens with one attached hydrogen (secondary N) is 2. The number of aliphatic imine (C=N–C) groups is 1. The largest absolute Gasteiger partial charge is 0.467 e. The van der Waals surface area contributed by atoms with Crippen LogP contribution in [0.15, 0.2) is 27.8 Å². The first-order valence-electron chi connectivity index (χ1n) is 9.81. The van der Waals surface area contributed by atoms with Crippen molar-refractivity contribution in [1.82, 2.24) is 15.5 Å². The molecule has 1 saturated heterocycles. The van der Waals surface area contributed by atoms with Crippen LogP contribution < -0.4 is 10.6 Å². The summed E-state index contributed by atoms with van der Waals surface area (Å²) >= 11 is 0. The Morgan fingerprint density at radius 1 is 1.41 bits per heavy atom. The van der Waals surface area contributed by atoms with Gasteiger partial charge in [0.1, 0.15) is 12.4 Å². The summed E-state index contributed by atoms with van der Waals surface area (Å²) in [4.78, 5) is 6.93. The van der Waals surface area contributed by atoms with Crippen LogP contribution in [0.4, 0.5) is 0 Å². The summed E-state index contributed by atoms with van der Waals surface area (Å²) in [7, 11) is 1.82. The van der Waals surface area contributed by atoms with E-state index in [0.717, 1.165) is 37.1 Å². The minimum absolute atomic E-state index is 0. The number of nitrogens with zero attached hydrogens (tertiary/aromatic N) is 2. The number of likely N-dealkylation sites (tertiary alicyclic amines) is 1. The minimum Gasteiger partial charge on any atom is -0.467 e. The van der Waals surface area contributed by atoms with Crippen LogP contribution >= 0.6 is 24.0 Å². The Labute approximate surface area is 181 Å². The van der Waals surface area contributed by atoms with Crippen LogP contribution in [-0.2, 0) is 11.3 Å². The van der Waals surface area contributed by atoms with Crippen LogP contribution in [0.2, 0.25) is 0 Å². The van der Waals surface area contributed by atoms with Crippen LogP contribution in [0.3, 0.4) is 0 Å². The summed E-state index contributed by atoms with van der Waals surface area (Å²) in [6.45, 7) is 12.3. The van der Waals surface area contributed by atoms with Gasteiger partial charge in [-0.05, 0) is 57.7 Å². The molecule has 1 aliphatic heterocycles. The third-order valence-corrected chi connectivity index (χ3v) is 5.01. The molecule has 0 aliphatic carbocycles. The van der Waals surface area contributed by atoms with E-state index in [4.69, 9.17) is 9.15 Å². The molecule has 0 bridgehead atoms. The molecule has 1 atom stereocenters. The Hall–Kier alpha value is -0.800. The lowest BCUT2D eigenvalue weighted by Gasteiger charge is -2.43. The Kier molecular flexibility index (Phi) is 11.3. The first kappa shape index (κ1) is 24.2. The van der Waals surface area contributed by atoms with Gasteiger partial charge in [-0.2, -0.15) is 0 Å². The molecule has 0 saturated carbocycles. The third kappa shape index (κ3) is 8.83. The summed E-state index contributed by atoms with van der Waals surface area (Å²) in [5.74, 6) is 2.51. The molecule has 0 aromatic carbocycles. The lowest BCUT2D eigenvalue weighted by atomic mass is 9.93. The summed E-state index contributed by atoms with van der Waals surface area (Å²) in [5.41, 5.74) is 0.123. The quantitative estimate of drug-likeness (QED) is 0.239. The summed E-state index contributed by atoms with van der Waals surface area (Å²) in [5, 5.41) is 6.84. The second kappa shape index (κ2) is 12.6. The molecule has 0 amide bonds. The van der Waals surface area contributed by atoms with Gasteiger partial charge in [-0.25, -0.2) is 0 Å². The number of rotatable bonds is 9. The van der Waals surface area contributed by atoms with Gasteiger partial charge in [0.25, 0.3) is 0 Å². The van der Waals surface area contributed by atoms with Crippen molar-refractivity contribution in [3.63, 3.8) is 0 Å². The summed E-state index contributed by atoms with van der Waals surface area (Å²) in [6, 6.07) is 3.80. The highest BCUT2D eigenvalue weighted by atomic mass is 127. The maximum atomic E-state index is 5.60. The fourth-order valence-corrected chi connectivity index (χ4v) is 3.32. The Morgan fingerprint density at radius 3 is 2.89 bits per heavy atom. The molecule has 1 aromatic rings. The van der Waals surface area contributed by atoms with Gasteiger partial charge in [0.05, 0.1) is 6.26 Å². The second-order valence-corrected chi connectivity index (χ2v) is 7.84. The predicted molar refractivity (Wildman–Crippen MR) is 122 cm³/mol. The smallest absolute Gasteiger partial charge is 0.191 e. The van der Waals surface area contributed by atoms with E-state index in [-0.39, 0.29) is 29.5 Å². The molecule has 1 unspecified atom stereocenters. The van der Waals surface area contributed by atoms with E-state index in [9.17, 15) is 0 Å². The third-order valence-electron chi connectivity index (χ3n) is 5.01. The van der Waals surface area contributed by atoms with E-state index in [1.54, 1.807) is 6.26 Å². The normalized spacial score (nSPS) is 18.8. The van der Waals surface area contributed by atoms with Crippen LogP contribution in [-0.4, -0.2) is 56.2 Å². The van der Waals surface area contributed by atoms with Gasteiger partial charge in [0.2, 0.25) is 0 Å². The average Bonchev–Trinajstić information content (AvgIpc) is 3.14. The second-order valence-electron chi connectivity index (χ2n) is 7.84. The lowest BCUT2D eigenvalue weighted by Crippen LogP contribution is -2.56. The Balaban J connectivity index is 0.00000364. The van der Waals surface area contributed by atoms with Crippen molar-refractivity contribution in [3.05, 3.63) is 24.2 Å². The zero-order valence-electron chi connectivity index (χ0n) is 17.3. The molecule has 27 heavy (non-hydrogen) atoms. The summed E-state index contributed by atoms with van der Waals surface area (Å²) in [6.07, 6.45) is 5.25. The van der Waals surface area contributed by atoms with Gasteiger partial charge in [0, 0.05) is 38.8 Å². The summed E-state index contributed by atoms with van der Waals surface area (Å²) < 4.78 is 10.8. The first-order chi connectivity index (χ1) is 12.5. The predicted octanol–water partition coefficient (Wildman–Crippen LogP) is 3.48. The molecule has 0 spiro atoms. The molecule has 1 aliphatic rings. The molecule has 2 N–H and O–H groups in total. The fraction of sp³-hybridized carbons (Fsp3) is 0.750. The highest BCUT2D eigenvalue weighted by Crippen LogP contribution is 2.23. The molecule has 6 nitrogen and oxygen atoms in total. The minimum atomic E-state index is 0. The van der Waals surface area contributed by atoms with Crippen molar-refractivity contribution >= 4 is 29.9 Å². The first-order valence-corrected chi connectivity index (χ1v) is 9.81. The molecule has 1 fully saturated rings. The van der Waals surface area contributed by atoms with E-state index in [1.165, 1.54) is 25.9 Å². The molecular weight excluding hydrogens is 455 g/mol. The highest BCUT2D eigenvalue weighted by Gasteiger charge is 2.30. The zero-order valence-corrected chi connectivity index (χ0v) is 19.6. The van der Waals surface area contributed by atoms with Crippen LogP contribution in [0.1, 0.15) is 45.8 Å². The monoisotopic (exact) mass is 492 g/mol. The van der Waals surface area contributed by atoms with Crippen molar-refractivity contribution < 1.29 is 9.15 Å². The van der Waals surface area contributed by atoms with Crippen LogP contribution in [0, 0.1) is 5.92 Å². The van der Waals surface area contributed by atoms with Crippen molar-refractivity contribution in [2.24, 2.45) is 10.9 Å². The standard InChI is InChI=1S/C20H36N4O2.HI/c1-17-8-5-11-24(14-17)20(2,3)16-23-19(21-4)22-10-7-12-25-15-18-9-6-13-26-18;/h6,9,13,17H,5,7-8,10-12,14-16H2,1-4H3,(H2,21,22,23);1H. The number of ether oxygens (including phenoxy) is 1. The molecule has 1 aromatic heterocycles. The molecule has 2 heterocycles. The molecule has 0 radical (unpaired) electrons. The van der Waals surface area contributed by atoms with Gasteiger partial charge < -0.3 is 19.8 Å². The highest BCUT2D eigenvalue weighted by molar-refractivity contribution is 14.0. The number of hydrogen-bond donors (Lipinski definition) is 2. The number of hydrogen-bond acceptors (Lipinski definition) is 4. The van der Waals surface area contributed by atoms with E-state index in [2.05, 4.69) is 41.3 Å². The zero-order chi connectivity index (χ0) is 18.8. The van der Waals surface area contributed by atoms with Gasteiger partial charge in [-0.15, -0.1) is 24.0 Å². The van der Waals surface area contributed by atoms with E-state index >= 15 is 0 Å². The maximum Gasteiger partial charge on any atom is 0.191 e. The Morgan fingerprint density at radius 2 is 2.22 bits per heavy atom. The van der Waals surface area contributed by atoms with Crippen molar-refractivity contribution in [2.75, 3.05) is 39.8 Å². The molecule has 156 valence electrons. The van der Waals surface area contributed by atoms with E-state index < -0.39 is 0 Å². The van der Waals surface area contributed by atoms with Gasteiger partial charge in [0.15, 0.2) is 5.96 Å². The lowest BCUT2D eigenvalue weighted by molar-refractivity contribution is 0.0739. The van der Waals surface area contributed by atoms with Crippen LogP contribution in [0.25, 0.3) is 0 Å². The molecule has 7 heteroatoms. The Bertz CT molecular complexity index is 534. The van der Waals surface area contributed by atoms with E-state index in [1.807, 2.05) is 19.2 Å². The SMILES string of the molecule is CN=C(NCCCOCc1ccco1)NCC(C)(C)N1CCCC(C)C1.I. The number of furan rings is 1. The maximum absolute atomic E-state index is 5.60. The van der Waals surface area contributed by atoms with Crippen molar-refractivity contribution in [2.45, 2.75) is 52.2 Å². The van der Waals surface area contributed by atoms with Gasteiger partial charge in [-0.3, -0.25) is 9.89 Å². The van der Waals surface area contributed by atoms with Crippen LogP contribution in [0.5, 0.6) is 0 Å². The molecular formula is C20H37IN4O2. The topological polar surface area (TPSA) is 62.0 Å². The number of piperidine rings is 1.